The van der Waals surface area contributed by atoms with Crippen molar-refractivity contribution in [1.82, 2.24) is 0 Å². The second-order valence-corrected chi connectivity index (χ2v) is 6.27. The molecule has 0 amide bonds. The summed E-state index contributed by atoms with van der Waals surface area (Å²) in [7, 11) is 0. The zero-order valence-corrected chi connectivity index (χ0v) is 12.6. The van der Waals surface area contributed by atoms with Crippen LogP contribution in [0.1, 0.15) is 34.6 Å². The average Bonchev–Trinajstić information content (AvgIpc) is 2.86. The van der Waals surface area contributed by atoms with Crippen LogP contribution in [0.5, 0.6) is 0 Å². The normalized spacial score (nSPS) is 36.8. The van der Waals surface area contributed by atoms with Crippen molar-refractivity contribution in [2.45, 2.75) is 64.5 Å². The molecule has 2 fully saturated rings. The van der Waals surface area contributed by atoms with Gasteiger partial charge in [0, 0.05) is 5.92 Å². The molecular formula is C14H23NO5. The molecule has 2 aliphatic rings. The van der Waals surface area contributed by atoms with Crippen molar-refractivity contribution in [1.29, 1.82) is 5.41 Å². The van der Waals surface area contributed by atoms with Crippen molar-refractivity contribution in [3.8, 4) is 0 Å². The number of carbonyl (C=O) groups is 1. The van der Waals surface area contributed by atoms with Crippen LogP contribution in [-0.4, -0.2) is 48.5 Å². The van der Waals surface area contributed by atoms with E-state index >= 15 is 0 Å². The molecule has 20 heavy (non-hydrogen) atoms. The van der Waals surface area contributed by atoms with E-state index in [1.807, 2.05) is 27.7 Å². The Morgan fingerprint density at radius 1 is 1.20 bits per heavy atom. The molecule has 4 atom stereocenters. The van der Waals surface area contributed by atoms with Gasteiger partial charge in [0.25, 0.3) is 0 Å². The van der Waals surface area contributed by atoms with Crippen LogP contribution in [-0.2, 0) is 23.7 Å². The van der Waals surface area contributed by atoms with Gasteiger partial charge in [-0.05, 0) is 27.7 Å². The Labute approximate surface area is 119 Å². The third-order valence-corrected chi connectivity index (χ3v) is 3.64. The SMILES string of the molecule is CC(C(=O)C=N)C1OC(C)(C)OC1C1COC(C)(C)O1. The summed E-state index contributed by atoms with van der Waals surface area (Å²) < 4.78 is 23.1. The van der Waals surface area contributed by atoms with Crippen molar-refractivity contribution in [3.63, 3.8) is 0 Å². The van der Waals surface area contributed by atoms with Gasteiger partial charge >= 0.3 is 0 Å². The molecule has 2 saturated heterocycles. The number of ketones is 1. The van der Waals surface area contributed by atoms with Gasteiger partial charge in [-0.1, -0.05) is 6.92 Å². The van der Waals surface area contributed by atoms with E-state index < -0.39 is 23.6 Å². The lowest BCUT2D eigenvalue weighted by molar-refractivity contribution is -0.175. The Morgan fingerprint density at radius 3 is 2.35 bits per heavy atom. The maximum Gasteiger partial charge on any atom is 0.178 e. The fourth-order valence-electron chi connectivity index (χ4n) is 2.66. The summed E-state index contributed by atoms with van der Waals surface area (Å²) in [6.45, 7) is 9.45. The van der Waals surface area contributed by atoms with Crippen LogP contribution >= 0.6 is 0 Å². The van der Waals surface area contributed by atoms with Gasteiger partial charge in [-0.3, -0.25) is 4.79 Å². The predicted octanol–water partition coefficient (Wildman–Crippen LogP) is 1.51. The van der Waals surface area contributed by atoms with Crippen molar-refractivity contribution in [2.75, 3.05) is 6.61 Å². The van der Waals surface area contributed by atoms with E-state index in [0.29, 0.717) is 6.61 Å². The van der Waals surface area contributed by atoms with Crippen molar-refractivity contribution >= 4 is 12.0 Å². The summed E-state index contributed by atoms with van der Waals surface area (Å²) in [5.41, 5.74) is 0. The number of hydrogen-bond donors (Lipinski definition) is 1. The van der Waals surface area contributed by atoms with Gasteiger partial charge in [0.1, 0.15) is 12.2 Å². The summed E-state index contributed by atoms with van der Waals surface area (Å²) >= 11 is 0. The molecule has 6 nitrogen and oxygen atoms in total. The highest BCUT2D eigenvalue weighted by Crippen LogP contribution is 2.38. The first-order chi connectivity index (χ1) is 9.15. The van der Waals surface area contributed by atoms with E-state index in [1.54, 1.807) is 6.92 Å². The fourth-order valence-corrected chi connectivity index (χ4v) is 2.66. The number of hydrogen-bond acceptors (Lipinski definition) is 6. The molecule has 6 heteroatoms. The molecule has 2 aliphatic heterocycles. The molecule has 0 aromatic rings. The highest BCUT2D eigenvalue weighted by molar-refractivity contribution is 6.27. The van der Waals surface area contributed by atoms with Crippen LogP contribution in [0.15, 0.2) is 0 Å². The lowest BCUT2D eigenvalue weighted by Crippen LogP contribution is -2.43. The van der Waals surface area contributed by atoms with E-state index in [1.165, 1.54) is 0 Å². The van der Waals surface area contributed by atoms with Crippen LogP contribution in [0.2, 0.25) is 0 Å². The smallest absolute Gasteiger partial charge is 0.178 e. The summed E-state index contributed by atoms with van der Waals surface area (Å²) in [5.74, 6) is -2.16. The number of carbonyl (C=O) groups excluding carboxylic acids is 1. The van der Waals surface area contributed by atoms with E-state index in [2.05, 4.69) is 0 Å². The van der Waals surface area contributed by atoms with Gasteiger partial charge in [0.2, 0.25) is 0 Å². The summed E-state index contributed by atoms with van der Waals surface area (Å²) in [5, 5.41) is 7.11. The molecule has 0 aromatic carbocycles. The first kappa shape index (κ1) is 15.6. The molecule has 114 valence electrons. The Hall–Kier alpha value is -0.820. The summed E-state index contributed by atoms with van der Waals surface area (Å²) in [4.78, 5) is 11.7. The molecule has 2 heterocycles. The van der Waals surface area contributed by atoms with Gasteiger partial charge in [-0.2, -0.15) is 0 Å². The van der Waals surface area contributed by atoms with Gasteiger partial charge in [-0.25, -0.2) is 0 Å². The number of nitrogens with one attached hydrogen (secondary N) is 1. The summed E-state index contributed by atoms with van der Waals surface area (Å²) in [6, 6.07) is 0. The Bertz CT molecular complexity index is 406. The van der Waals surface area contributed by atoms with Gasteiger partial charge in [0.15, 0.2) is 17.4 Å². The number of rotatable bonds is 4. The van der Waals surface area contributed by atoms with E-state index in [4.69, 9.17) is 24.4 Å². The maximum absolute atomic E-state index is 11.7. The van der Waals surface area contributed by atoms with Crippen LogP contribution in [0, 0.1) is 11.3 Å². The fraction of sp³-hybridized carbons (Fsp3) is 0.857. The number of ether oxygens (including phenoxy) is 4. The van der Waals surface area contributed by atoms with Crippen molar-refractivity contribution < 1.29 is 23.7 Å². The molecule has 0 aliphatic carbocycles. The monoisotopic (exact) mass is 285 g/mol. The van der Waals surface area contributed by atoms with E-state index in [9.17, 15) is 4.79 Å². The Morgan fingerprint density at radius 2 is 1.85 bits per heavy atom. The zero-order valence-electron chi connectivity index (χ0n) is 12.6. The van der Waals surface area contributed by atoms with Gasteiger partial charge < -0.3 is 24.4 Å². The number of Topliss-reactive ketones (excluding diaryl/α,β-unsaturated/α-hetero) is 1. The third kappa shape index (κ3) is 3.09. The second-order valence-electron chi connectivity index (χ2n) is 6.27. The third-order valence-electron chi connectivity index (χ3n) is 3.64. The second kappa shape index (κ2) is 5.18. The lowest BCUT2D eigenvalue weighted by Gasteiger charge is -2.25. The predicted molar refractivity (Wildman–Crippen MR) is 71.7 cm³/mol. The van der Waals surface area contributed by atoms with Crippen LogP contribution < -0.4 is 0 Å². The van der Waals surface area contributed by atoms with Gasteiger partial charge in [-0.15, -0.1) is 0 Å². The Kier molecular flexibility index (Phi) is 4.03. The summed E-state index contributed by atoms with van der Waals surface area (Å²) in [6.07, 6.45) is -0.281. The Balaban J connectivity index is 2.16. The lowest BCUT2D eigenvalue weighted by atomic mass is 9.93. The zero-order chi connectivity index (χ0) is 15.1. The molecule has 0 bridgehead atoms. The topological polar surface area (TPSA) is 77.8 Å². The molecule has 0 radical (unpaired) electrons. The first-order valence-electron chi connectivity index (χ1n) is 6.87. The molecule has 0 spiro atoms. The maximum atomic E-state index is 11.7. The molecule has 0 saturated carbocycles. The highest BCUT2D eigenvalue weighted by Gasteiger charge is 2.52. The van der Waals surface area contributed by atoms with Crippen molar-refractivity contribution in [2.24, 2.45) is 5.92 Å². The largest absolute Gasteiger partial charge is 0.348 e. The molecule has 0 aromatic heterocycles. The molecular weight excluding hydrogens is 262 g/mol. The molecule has 1 N–H and O–H groups in total. The standard InChI is InChI=1S/C14H23NO5/c1-8(9(16)6-15)11-12(20-14(4,5)19-11)10-7-17-13(2,3)18-10/h6,8,10-12,15H,7H2,1-5H3. The minimum absolute atomic E-state index is 0.278. The van der Waals surface area contributed by atoms with Crippen LogP contribution in [0.25, 0.3) is 0 Å². The van der Waals surface area contributed by atoms with Crippen LogP contribution in [0.3, 0.4) is 0 Å². The average molecular weight is 285 g/mol. The first-order valence-corrected chi connectivity index (χ1v) is 6.87. The van der Waals surface area contributed by atoms with Crippen molar-refractivity contribution in [3.05, 3.63) is 0 Å². The van der Waals surface area contributed by atoms with Gasteiger partial charge in [0.05, 0.1) is 18.9 Å². The quantitative estimate of drug-likeness (QED) is 0.792. The highest BCUT2D eigenvalue weighted by atomic mass is 16.8. The van der Waals surface area contributed by atoms with Crippen LogP contribution in [0.4, 0.5) is 0 Å². The minimum Gasteiger partial charge on any atom is -0.348 e. The molecule has 2 rings (SSSR count). The van der Waals surface area contributed by atoms with E-state index in [0.717, 1.165) is 6.21 Å². The molecule has 4 unspecified atom stereocenters. The van der Waals surface area contributed by atoms with E-state index in [-0.39, 0.29) is 18.0 Å². The minimum atomic E-state index is -0.776.